The van der Waals surface area contributed by atoms with Gasteiger partial charge >= 0.3 is 0 Å². The maximum Gasteiger partial charge on any atom is 0.269 e. The van der Waals surface area contributed by atoms with E-state index in [0.29, 0.717) is 17.2 Å². The Hall–Kier alpha value is -2.41. The highest BCUT2D eigenvalue weighted by Gasteiger charge is 2.17. The number of nitrogens with zero attached hydrogens (tertiary/aromatic N) is 1. The molecule has 3 rings (SSSR count). The zero-order valence-electron chi connectivity index (χ0n) is 14.5. The van der Waals surface area contributed by atoms with E-state index in [0.717, 1.165) is 18.4 Å². The van der Waals surface area contributed by atoms with Crippen molar-refractivity contribution >= 4 is 22.9 Å². The fraction of sp³-hybridized carbons (Fsp3) is 0.421. The second-order valence-corrected chi connectivity index (χ2v) is 7.43. The lowest BCUT2D eigenvalue weighted by Gasteiger charge is -2.15. The van der Waals surface area contributed by atoms with E-state index in [1.807, 2.05) is 11.4 Å². The first-order valence-electron chi connectivity index (χ1n) is 8.87. The molecule has 6 nitrogen and oxygen atoms in total. The summed E-state index contributed by atoms with van der Waals surface area (Å²) >= 11 is 1.41. The number of amides is 1. The number of benzene rings is 1. The molecule has 0 spiro atoms. The Morgan fingerprint density at radius 1 is 1.19 bits per heavy atom. The van der Waals surface area contributed by atoms with Crippen LogP contribution in [0.4, 0.5) is 5.69 Å². The topological polar surface area (TPSA) is 81.5 Å². The monoisotopic (exact) mass is 374 g/mol. The predicted molar refractivity (Wildman–Crippen MR) is 101 cm³/mol. The Bertz CT molecular complexity index is 749. The Morgan fingerprint density at radius 2 is 1.88 bits per heavy atom. The lowest BCUT2D eigenvalue weighted by molar-refractivity contribution is -0.384. The molecule has 0 saturated heterocycles. The molecule has 2 aromatic rings. The molecule has 7 heteroatoms. The van der Waals surface area contributed by atoms with Gasteiger partial charge in [0.15, 0.2) is 0 Å². The van der Waals surface area contributed by atoms with Crippen LogP contribution in [0.3, 0.4) is 0 Å². The van der Waals surface area contributed by atoms with E-state index in [4.69, 9.17) is 4.74 Å². The average Bonchev–Trinajstić information content (AvgIpc) is 2.98. The number of non-ortho nitro benzene ring substituents is 1. The summed E-state index contributed by atoms with van der Waals surface area (Å²) < 4.78 is 5.64. The van der Waals surface area contributed by atoms with Crippen molar-refractivity contribution in [3.8, 4) is 5.75 Å². The Labute approximate surface area is 156 Å². The molecule has 0 aliphatic heterocycles. The molecule has 1 heterocycles. The highest BCUT2D eigenvalue weighted by Crippen LogP contribution is 2.22. The minimum atomic E-state index is -0.443. The molecule has 26 heavy (non-hydrogen) atoms. The molecule has 1 N–H and O–H groups in total. The van der Waals surface area contributed by atoms with Crippen molar-refractivity contribution in [1.82, 2.24) is 5.32 Å². The number of carbonyl (C=O) groups excluding carboxylic acids is 1. The molecule has 0 atom stereocenters. The summed E-state index contributed by atoms with van der Waals surface area (Å²) in [5.74, 6) is 0.551. The van der Waals surface area contributed by atoms with Crippen LogP contribution in [0.25, 0.3) is 0 Å². The van der Waals surface area contributed by atoms with E-state index < -0.39 is 4.92 Å². The van der Waals surface area contributed by atoms with Crippen LogP contribution in [0.15, 0.2) is 35.7 Å². The van der Waals surface area contributed by atoms with Crippen LogP contribution in [0.1, 0.15) is 53.8 Å². The zero-order valence-corrected chi connectivity index (χ0v) is 15.3. The van der Waals surface area contributed by atoms with Gasteiger partial charge in [-0.25, -0.2) is 0 Å². The molecule has 1 aromatic carbocycles. The Morgan fingerprint density at radius 3 is 2.54 bits per heavy atom. The van der Waals surface area contributed by atoms with Gasteiger partial charge in [0.2, 0.25) is 0 Å². The number of nitrogens with one attached hydrogen (secondary N) is 1. The lowest BCUT2D eigenvalue weighted by atomic mass is 10.1. The van der Waals surface area contributed by atoms with Gasteiger partial charge in [0.1, 0.15) is 12.4 Å². The largest absolute Gasteiger partial charge is 0.489 e. The highest BCUT2D eigenvalue weighted by molar-refractivity contribution is 7.12. The molecule has 1 aliphatic carbocycles. The zero-order chi connectivity index (χ0) is 18.4. The van der Waals surface area contributed by atoms with E-state index in [1.165, 1.54) is 49.2 Å². The molecule has 1 saturated carbocycles. The van der Waals surface area contributed by atoms with Crippen molar-refractivity contribution < 1.29 is 14.5 Å². The SMILES string of the molecule is O=C(NC1CCCCCC1)c1cc(COc2ccc([N+](=O)[O-])cc2)cs1. The van der Waals surface area contributed by atoms with Crippen LogP contribution in [-0.2, 0) is 6.61 Å². The third-order valence-corrected chi connectivity index (χ3v) is 5.50. The van der Waals surface area contributed by atoms with Crippen LogP contribution < -0.4 is 10.1 Å². The minimum absolute atomic E-state index is 0.0107. The summed E-state index contributed by atoms with van der Waals surface area (Å²) in [7, 11) is 0. The van der Waals surface area contributed by atoms with E-state index in [-0.39, 0.29) is 17.6 Å². The first kappa shape index (κ1) is 18.4. The van der Waals surface area contributed by atoms with Gasteiger partial charge in [-0.15, -0.1) is 11.3 Å². The first-order valence-corrected chi connectivity index (χ1v) is 9.75. The number of carbonyl (C=O) groups is 1. The second kappa shape index (κ2) is 8.80. The summed E-state index contributed by atoms with van der Waals surface area (Å²) in [6, 6.07) is 8.10. The number of rotatable bonds is 6. The molecule has 1 aromatic heterocycles. The number of ether oxygens (including phenoxy) is 1. The number of nitro groups is 1. The third kappa shape index (κ3) is 5.05. The molecule has 138 valence electrons. The Balaban J connectivity index is 1.52. The summed E-state index contributed by atoms with van der Waals surface area (Å²) in [5, 5.41) is 15.7. The van der Waals surface area contributed by atoms with E-state index in [9.17, 15) is 14.9 Å². The summed E-state index contributed by atoms with van der Waals surface area (Å²) in [5.41, 5.74) is 0.949. The minimum Gasteiger partial charge on any atom is -0.489 e. The first-order chi connectivity index (χ1) is 12.6. The van der Waals surface area contributed by atoms with Gasteiger partial charge in [-0.1, -0.05) is 25.7 Å². The number of hydrogen-bond acceptors (Lipinski definition) is 5. The summed E-state index contributed by atoms with van der Waals surface area (Å²) in [6.07, 6.45) is 7.01. The molecular weight excluding hydrogens is 352 g/mol. The standard InChI is InChI=1S/C19H22N2O4S/c22-19(20-15-5-3-1-2-4-6-15)18-11-14(13-26-18)12-25-17-9-7-16(8-10-17)21(23)24/h7-11,13,15H,1-6,12H2,(H,20,22). The number of nitro benzene ring substituents is 1. The molecular formula is C19H22N2O4S. The second-order valence-electron chi connectivity index (χ2n) is 6.52. The molecule has 0 radical (unpaired) electrons. The molecule has 1 aliphatic rings. The fourth-order valence-electron chi connectivity index (χ4n) is 3.08. The normalized spacial score (nSPS) is 15.2. The number of thiophene rings is 1. The summed E-state index contributed by atoms with van der Waals surface area (Å²) in [4.78, 5) is 23.3. The molecule has 1 amide bonds. The predicted octanol–water partition coefficient (Wildman–Crippen LogP) is 4.69. The summed E-state index contributed by atoms with van der Waals surface area (Å²) in [6.45, 7) is 0.324. The van der Waals surface area contributed by atoms with Gasteiger partial charge in [-0.2, -0.15) is 0 Å². The van der Waals surface area contributed by atoms with Crippen molar-refractivity contribution in [3.05, 3.63) is 56.3 Å². The fourth-order valence-corrected chi connectivity index (χ4v) is 3.88. The van der Waals surface area contributed by atoms with Crippen molar-refractivity contribution in [2.45, 2.75) is 51.2 Å². The maximum absolute atomic E-state index is 12.4. The van der Waals surface area contributed by atoms with Crippen molar-refractivity contribution in [3.63, 3.8) is 0 Å². The lowest BCUT2D eigenvalue weighted by Crippen LogP contribution is -2.33. The highest BCUT2D eigenvalue weighted by atomic mass is 32.1. The Kier molecular flexibility index (Phi) is 6.22. The van der Waals surface area contributed by atoms with Crippen LogP contribution in [0.5, 0.6) is 5.75 Å². The van der Waals surface area contributed by atoms with Gasteiger partial charge in [-0.3, -0.25) is 14.9 Å². The van der Waals surface area contributed by atoms with Crippen LogP contribution in [0, 0.1) is 10.1 Å². The van der Waals surface area contributed by atoms with Gasteiger partial charge in [0.25, 0.3) is 11.6 Å². The van der Waals surface area contributed by atoms with E-state index in [2.05, 4.69) is 5.32 Å². The van der Waals surface area contributed by atoms with Gasteiger partial charge < -0.3 is 10.1 Å². The van der Waals surface area contributed by atoms with E-state index in [1.54, 1.807) is 12.1 Å². The van der Waals surface area contributed by atoms with E-state index >= 15 is 0 Å². The van der Waals surface area contributed by atoms with Gasteiger partial charge in [-0.05, 0) is 36.4 Å². The smallest absolute Gasteiger partial charge is 0.269 e. The third-order valence-electron chi connectivity index (χ3n) is 4.52. The maximum atomic E-state index is 12.4. The van der Waals surface area contributed by atoms with Crippen molar-refractivity contribution in [2.24, 2.45) is 0 Å². The molecule has 0 bridgehead atoms. The van der Waals surface area contributed by atoms with Gasteiger partial charge in [0, 0.05) is 23.7 Å². The average molecular weight is 374 g/mol. The molecule has 0 unspecified atom stereocenters. The number of hydrogen-bond donors (Lipinski definition) is 1. The van der Waals surface area contributed by atoms with Crippen LogP contribution >= 0.6 is 11.3 Å². The quantitative estimate of drug-likeness (QED) is 0.452. The van der Waals surface area contributed by atoms with Crippen molar-refractivity contribution in [1.29, 1.82) is 0 Å². The van der Waals surface area contributed by atoms with Crippen LogP contribution in [-0.4, -0.2) is 16.9 Å². The van der Waals surface area contributed by atoms with Gasteiger partial charge in [0.05, 0.1) is 9.80 Å². The van der Waals surface area contributed by atoms with Crippen molar-refractivity contribution in [2.75, 3.05) is 0 Å². The molecule has 1 fully saturated rings. The van der Waals surface area contributed by atoms with Crippen LogP contribution in [0.2, 0.25) is 0 Å².